The van der Waals surface area contributed by atoms with E-state index in [2.05, 4.69) is 22.2 Å². The molecule has 1 amide bonds. The average Bonchev–Trinajstić information content (AvgIpc) is 2.63. The van der Waals surface area contributed by atoms with Crippen molar-refractivity contribution in [1.82, 2.24) is 14.9 Å². The first kappa shape index (κ1) is 16.2. The summed E-state index contributed by atoms with van der Waals surface area (Å²) in [5.41, 5.74) is 1.19. The van der Waals surface area contributed by atoms with Crippen molar-refractivity contribution in [2.75, 3.05) is 25.5 Å². The van der Waals surface area contributed by atoms with Crippen molar-refractivity contribution in [2.45, 2.75) is 19.8 Å². The Morgan fingerprint density at radius 3 is 2.62 bits per heavy atom. The molecule has 0 radical (unpaired) electrons. The number of amides is 1. The SMILES string of the molecule is COc1ccccc1Nc1cnc(C(=O)N2CCC(C)CC2)cn1. The van der Waals surface area contributed by atoms with Crippen LogP contribution in [0.3, 0.4) is 0 Å². The Kier molecular flexibility index (Phi) is 4.93. The number of ether oxygens (including phenoxy) is 1. The minimum Gasteiger partial charge on any atom is -0.495 e. The van der Waals surface area contributed by atoms with Gasteiger partial charge in [-0.2, -0.15) is 0 Å². The van der Waals surface area contributed by atoms with Gasteiger partial charge in [0, 0.05) is 13.1 Å². The molecule has 2 heterocycles. The lowest BCUT2D eigenvalue weighted by atomic mass is 9.99. The van der Waals surface area contributed by atoms with E-state index in [-0.39, 0.29) is 5.91 Å². The molecule has 1 aliphatic rings. The number of hydrogen-bond donors (Lipinski definition) is 1. The molecule has 126 valence electrons. The van der Waals surface area contributed by atoms with Gasteiger partial charge in [-0.3, -0.25) is 4.79 Å². The van der Waals surface area contributed by atoms with Gasteiger partial charge < -0.3 is 15.0 Å². The van der Waals surface area contributed by atoms with E-state index in [1.54, 1.807) is 13.3 Å². The van der Waals surface area contributed by atoms with Crippen LogP contribution < -0.4 is 10.1 Å². The molecule has 1 aliphatic heterocycles. The summed E-state index contributed by atoms with van der Waals surface area (Å²) in [5, 5.41) is 3.15. The number of benzene rings is 1. The zero-order chi connectivity index (χ0) is 16.9. The predicted molar refractivity (Wildman–Crippen MR) is 92.6 cm³/mol. The number of nitrogens with one attached hydrogen (secondary N) is 1. The summed E-state index contributed by atoms with van der Waals surface area (Å²) in [6.07, 6.45) is 5.20. The third-order valence-corrected chi connectivity index (χ3v) is 4.31. The van der Waals surface area contributed by atoms with Crippen LogP contribution in [0.4, 0.5) is 11.5 Å². The number of aromatic nitrogens is 2. The van der Waals surface area contributed by atoms with Crippen molar-refractivity contribution >= 4 is 17.4 Å². The molecule has 0 unspecified atom stereocenters. The number of carbonyl (C=O) groups excluding carboxylic acids is 1. The molecule has 1 aromatic heterocycles. The fourth-order valence-corrected chi connectivity index (χ4v) is 2.76. The van der Waals surface area contributed by atoms with E-state index in [1.807, 2.05) is 29.2 Å². The van der Waals surface area contributed by atoms with E-state index in [0.717, 1.165) is 37.4 Å². The third kappa shape index (κ3) is 3.64. The quantitative estimate of drug-likeness (QED) is 0.935. The van der Waals surface area contributed by atoms with Crippen LogP contribution in [-0.2, 0) is 0 Å². The van der Waals surface area contributed by atoms with Crippen LogP contribution in [0.5, 0.6) is 5.75 Å². The minimum atomic E-state index is -0.0433. The van der Waals surface area contributed by atoms with E-state index in [4.69, 9.17) is 4.74 Å². The van der Waals surface area contributed by atoms with Crippen molar-refractivity contribution in [3.05, 3.63) is 42.4 Å². The predicted octanol–water partition coefficient (Wildman–Crippen LogP) is 3.10. The monoisotopic (exact) mass is 326 g/mol. The van der Waals surface area contributed by atoms with Crippen LogP contribution in [-0.4, -0.2) is 41.0 Å². The molecule has 0 aliphatic carbocycles. The normalized spacial score (nSPS) is 15.2. The summed E-state index contributed by atoms with van der Waals surface area (Å²) in [6, 6.07) is 7.57. The van der Waals surface area contributed by atoms with Gasteiger partial charge in [0.1, 0.15) is 17.3 Å². The molecule has 6 nitrogen and oxygen atoms in total. The van der Waals surface area contributed by atoms with Gasteiger partial charge in [0.15, 0.2) is 0 Å². The second-order valence-electron chi connectivity index (χ2n) is 6.09. The molecular weight excluding hydrogens is 304 g/mol. The van der Waals surface area contributed by atoms with E-state index in [1.165, 1.54) is 6.20 Å². The van der Waals surface area contributed by atoms with E-state index < -0.39 is 0 Å². The van der Waals surface area contributed by atoms with Gasteiger partial charge in [-0.05, 0) is 30.9 Å². The second-order valence-corrected chi connectivity index (χ2v) is 6.09. The van der Waals surface area contributed by atoms with Crippen molar-refractivity contribution in [3.8, 4) is 5.75 Å². The Morgan fingerprint density at radius 1 is 1.21 bits per heavy atom. The molecule has 1 aromatic carbocycles. The van der Waals surface area contributed by atoms with Gasteiger partial charge in [-0.1, -0.05) is 19.1 Å². The van der Waals surface area contributed by atoms with Crippen LogP contribution in [0, 0.1) is 5.92 Å². The van der Waals surface area contributed by atoms with Gasteiger partial charge in [0.2, 0.25) is 0 Å². The molecule has 6 heteroatoms. The number of methoxy groups -OCH3 is 1. The number of para-hydroxylation sites is 2. The Labute approximate surface area is 141 Å². The van der Waals surface area contributed by atoms with E-state index in [9.17, 15) is 4.79 Å². The topological polar surface area (TPSA) is 67.3 Å². The van der Waals surface area contributed by atoms with Crippen molar-refractivity contribution in [2.24, 2.45) is 5.92 Å². The van der Waals surface area contributed by atoms with Crippen molar-refractivity contribution < 1.29 is 9.53 Å². The maximum Gasteiger partial charge on any atom is 0.274 e. The highest BCUT2D eigenvalue weighted by molar-refractivity contribution is 5.92. The maximum atomic E-state index is 12.5. The summed E-state index contributed by atoms with van der Waals surface area (Å²) < 4.78 is 5.30. The Balaban J connectivity index is 1.68. The lowest BCUT2D eigenvalue weighted by Gasteiger charge is -2.29. The van der Waals surface area contributed by atoms with Crippen molar-refractivity contribution in [3.63, 3.8) is 0 Å². The number of rotatable bonds is 4. The molecule has 1 fully saturated rings. The number of hydrogen-bond acceptors (Lipinski definition) is 5. The molecule has 3 rings (SSSR count). The fraction of sp³-hybridized carbons (Fsp3) is 0.389. The number of nitrogens with zero attached hydrogens (tertiary/aromatic N) is 3. The molecular formula is C18H22N4O2. The first-order valence-electron chi connectivity index (χ1n) is 8.18. The highest BCUT2D eigenvalue weighted by Crippen LogP contribution is 2.26. The highest BCUT2D eigenvalue weighted by Gasteiger charge is 2.22. The second kappa shape index (κ2) is 7.29. The number of carbonyl (C=O) groups is 1. The van der Waals surface area contributed by atoms with Crippen LogP contribution in [0.2, 0.25) is 0 Å². The zero-order valence-electron chi connectivity index (χ0n) is 14.0. The maximum absolute atomic E-state index is 12.5. The standard InChI is InChI=1S/C18H22N4O2/c1-13-7-9-22(10-8-13)18(23)15-11-20-17(12-19-15)21-14-5-3-4-6-16(14)24-2/h3-6,11-13H,7-10H2,1-2H3,(H,20,21). The Hall–Kier alpha value is -2.63. The van der Waals surface area contributed by atoms with Crippen LogP contribution in [0.15, 0.2) is 36.7 Å². The third-order valence-electron chi connectivity index (χ3n) is 4.31. The van der Waals surface area contributed by atoms with Crippen molar-refractivity contribution in [1.29, 1.82) is 0 Å². The summed E-state index contributed by atoms with van der Waals surface area (Å²) in [6.45, 7) is 3.81. The Bertz CT molecular complexity index is 694. The first-order valence-corrected chi connectivity index (χ1v) is 8.18. The molecule has 0 saturated carbocycles. The zero-order valence-corrected chi connectivity index (χ0v) is 14.0. The van der Waals surface area contributed by atoms with Crippen LogP contribution in [0.25, 0.3) is 0 Å². The molecule has 0 atom stereocenters. The largest absolute Gasteiger partial charge is 0.495 e. The van der Waals surface area contributed by atoms with Crippen LogP contribution >= 0.6 is 0 Å². The van der Waals surface area contributed by atoms with Gasteiger partial charge in [-0.25, -0.2) is 9.97 Å². The van der Waals surface area contributed by atoms with Gasteiger partial charge in [0.05, 0.1) is 25.2 Å². The van der Waals surface area contributed by atoms with Crippen LogP contribution in [0.1, 0.15) is 30.3 Å². The smallest absolute Gasteiger partial charge is 0.274 e. The molecule has 1 saturated heterocycles. The number of anilines is 2. The summed E-state index contributed by atoms with van der Waals surface area (Å²) in [5.74, 6) is 1.94. The van der Waals surface area contributed by atoms with E-state index in [0.29, 0.717) is 17.4 Å². The number of likely N-dealkylation sites (tertiary alicyclic amines) is 1. The summed E-state index contributed by atoms with van der Waals surface area (Å²) in [7, 11) is 1.62. The molecule has 24 heavy (non-hydrogen) atoms. The lowest BCUT2D eigenvalue weighted by molar-refractivity contribution is 0.0691. The molecule has 0 spiro atoms. The molecule has 0 bridgehead atoms. The average molecular weight is 326 g/mol. The summed E-state index contributed by atoms with van der Waals surface area (Å²) in [4.78, 5) is 22.9. The number of piperidine rings is 1. The fourth-order valence-electron chi connectivity index (χ4n) is 2.76. The van der Waals surface area contributed by atoms with Gasteiger partial charge in [0.25, 0.3) is 5.91 Å². The Morgan fingerprint density at radius 2 is 1.96 bits per heavy atom. The highest BCUT2D eigenvalue weighted by atomic mass is 16.5. The minimum absolute atomic E-state index is 0.0433. The van der Waals surface area contributed by atoms with E-state index >= 15 is 0 Å². The summed E-state index contributed by atoms with van der Waals surface area (Å²) >= 11 is 0. The molecule has 2 aromatic rings. The lowest BCUT2D eigenvalue weighted by Crippen LogP contribution is -2.38. The van der Waals surface area contributed by atoms with Gasteiger partial charge >= 0.3 is 0 Å². The first-order chi connectivity index (χ1) is 11.7. The molecule has 1 N–H and O–H groups in total. The van der Waals surface area contributed by atoms with Gasteiger partial charge in [-0.15, -0.1) is 0 Å².